The quantitative estimate of drug-likeness (QED) is 0.413. The molecule has 0 bridgehead atoms. The highest BCUT2D eigenvalue weighted by Gasteiger charge is 2.18. The number of rotatable bonds is 8. The van der Waals surface area contributed by atoms with Gasteiger partial charge in [-0.15, -0.1) is 0 Å². The van der Waals surface area contributed by atoms with Crippen LogP contribution in [-0.2, 0) is 18.0 Å². The van der Waals surface area contributed by atoms with Crippen LogP contribution >= 0.6 is 11.6 Å². The Kier molecular flexibility index (Phi) is 6.78. The second-order valence-electron chi connectivity index (χ2n) is 6.14. The summed E-state index contributed by atoms with van der Waals surface area (Å²) in [6.07, 6.45) is 0. The summed E-state index contributed by atoms with van der Waals surface area (Å²) in [5.74, 6) is -0.568. The molecular weight excluding hydrogens is 394 g/mol. The van der Waals surface area contributed by atoms with Gasteiger partial charge < -0.3 is 5.32 Å². The zero-order valence-corrected chi connectivity index (χ0v) is 16.1. The number of nitro benzene ring substituents is 1. The van der Waals surface area contributed by atoms with Crippen molar-refractivity contribution in [2.45, 2.75) is 13.2 Å². The number of nitro groups is 1. The van der Waals surface area contributed by atoms with Crippen molar-refractivity contribution in [1.82, 2.24) is 5.48 Å². The van der Waals surface area contributed by atoms with Crippen molar-refractivity contribution < 1.29 is 14.6 Å². The van der Waals surface area contributed by atoms with Gasteiger partial charge in [-0.05, 0) is 29.3 Å². The lowest BCUT2D eigenvalue weighted by Crippen LogP contribution is -2.23. The minimum Gasteiger partial charge on any atom is -0.375 e. The fourth-order valence-corrected chi connectivity index (χ4v) is 2.83. The van der Waals surface area contributed by atoms with Gasteiger partial charge in [-0.1, -0.05) is 60.1 Å². The summed E-state index contributed by atoms with van der Waals surface area (Å²) in [4.78, 5) is 28.3. The summed E-state index contributed by atoms with van der Waals surface area (Å²) in [6, 6.07) is 20.7. The number of nitrogens with zero attached hydrogens (tertiary/aromatic N) is 1. The first kappa shape index (κ1) is 20.3. The van der Waals surface area contributed by atoms with Gasteiger partial charge >= 0.3 is 0 Å². The number of nitrogens with one attached hydrogen (secondary N) is 2. The SMILES string of the molecule is O=C(NOCc1ccccc1)c1ccc(NCc2ccccc2Cl)c([N+](=O)[O-])c1. The number of anilines is 1. The van der Waals surface area contributed by atoms with Gasteiger partial charge in [0.15, 0.2) is 0 Å². The molecule has 7 nitrogen and oxygen atoms in total. The number of halogens is 1. The van der Waals surface area contributed by atoms with Crippen LogP contribution in [-0.4, -0.2) is 10.8 Å². The molecule has 2 N–H and O–H groups in total. The summed E-state index contributed by atoms with van der Waals surface area (Å²) in [6.45, 7) is 0.498. The first-order chi connectivity index (χ1) is 14.0. The summed E-state index contributed by atoms with van der Waals surface area (Å²) in [5, 5.41) is 15.0. The fraction of sp³-hybridized carbons (Fsp3) is 0.0952. The van der Waals surface area contributed by atoms with Crippen molar-refractivity contribution in [3.8, 4) is 0 Å². The number of hydroxylamine groups is 1. The van der Waals surface area contributed by atoms with Gasteiger partial charge in [0, 0.05) is 23.2 Å². The van der Waals surface area contributed by atoms with E-state index in [2.05, 4.69) is 10.8 Å². The van der Waals surface area contributed by atoms with E-state index in [1.165, 1.54) is 18.2 Å². The second-order valence-corrected chi connectivity index (χ2v) is 6.55. The Bertz CT molecular complexity index is 1010. The van der Waals surface area contributed by atoms with Crippen molar-refractivity contribution in [3.05, 3.63) is 105 Å². The number of carbonyl (C=O) groups is 1. The lowest BCUT2D eigenvalue weighted by molar-refractivity contribution is -0.384. The van der Waals surface area contributed by atoms with Gasteiger partial charge in [0.2, 0.25) is 0 Å². The molecular formula is C21H18ClN3O4. The third-order valence-corrected chi connectivity index (χ3v) is 4.50. The molecule has 0 aliphatic carbocycles. The van der Waals surface area contributed by atoms with Crippen LogP contribution < -0.4 is 10.8 Å². The number of amides is 1. The van der Waals surface area contributed by atoms with E-state index in [1.54, 1.807) is 6.07 Å². The Balaban J connectivity index is 1.66. The molecule has 29 heavy (non-hydrogen) atoms. The van der Waals surface area contributed by atoms with Crippen LogP contribution in [0.2, 0.25) is 5.02 Å². The third kappa shape index (κ3) is 5.54. The summed E-state index contributed by atoms with van der Waals surface area (Å²) >= 11 is 6.11. The van der Waals surface area contributed by atoms with Gasteiger partial charge in [0.1, 0.15) is 5.69 Å². The van der Waals surface area contributed by atoms with Crippen LogP contribution in [0, 0.1) is 10.1 Å². The van der Waals surface area contributed by atoms with Gasteiger partial charge in [-0.2, -0.15) is 0 Å². The van der Waals surface area contributed by atoms with E-state index < -0.39 is 10.8 Å². The van der Waals surface area contributed by atoms with Crippen molar-refractivity contribution in [1.29, 1.82) is 0 Å². The third-order valence-electron chi connectivity index (χ3n) is 4.13. The van der Waals surface area contributed by atoms with Crippen molar-refractivity contribution in [2.75, 3.05) is 5.32 Å². The molecule has 0 spiro atoms. The van der Waals surface area contributed by atoms with Crippen LogP contribution in [0.25, 0.3) is 0 Å². The fourth-order valence-electron chi connectivity index (χ4n) is 2.62. The first-order valence-electron chi connectivity index (χ1n) is 8.76. The topological polar surface area (TPSA) is 93.5 Å². The highest BCUT2D eigenvalue weighted by Crippen LogP contribution is 2.27. The number of benzene rings is 3. The lowest BCUT2D eigenvalue weighted by atomic mass is 10.1. The van der Waals surface area contributed by atoms with E-state index in [1.807, 2.05) is 48.5 Å². The largest absolute Gasteiger partial charge is 0.375 e. The molecule has 0 radical (unpaired) electrons. The second kappa shape index (κ2) is 9.68. The molecule has 148 valence electrons. The molecule has 8 heteroatoms. The molecule has 0 aliphatic heterocycles. The average molecular weight is 412 g/mol. The van der Waals surface area contributed by atoms with Gasteiger partial charge in [-0.3, -0.25) is 19.7 Å². The van der Waals surface area contributed by atoms with Crippen molar-refractivity contribution >= 4 is 28.9 Å². The average Bonchev–Trinajstić information content (AvgIpc) is 2.73. The molecule has 3 aromatic carbocycles. The molecule has 0 unspecified atom stereocenters. The van der Waals surface area contributed by atoms with Crippen LogP contribution in [0.15, 0.2) is 72.8 Å². The van der Waals surface area contributed by atoms with Crippen LogP contribution in [0.5, 0.6) is 0 Å². The Morgan fingerprint density at radius 1 is 1.03 bits per heavy atom. The number of carbonyl (C=O) groups excluding carboxylic acids is 1. The van der Waals surface area contributed by atoms with Crippen LogP contribution in [0.4, 0.5) is 11.4 Å². The predicted octanol–water partition coefficient (Wildman–Crippen LogP) is 4.72. The molecule has 0 atom stereocenters. The van der Waals surface area contributed by atoms with Gasteiger partial charge in [-0.25, -0.2) is 5.48 Å². The van der Waals surface area contributed by atoms with Crippen molar-refractivity contribution in [2.24, 2.45) is 0 Å². The zero-order valence-electron chi connectivity index (χ0n) is 15.3. The molecule has 3 aromatic rings. The summed E-state index contributed by atoms with van der Waals surface area (Å²) in [5.41, 5.74) is 4.18. The first-order valence-corrected chi connectivity index (χ1v) is 9.14. The number of hydrogen-bond donors (Lipinski definition) is 2. The van der Waals surface area contributed by atoms with E-state index in [9.17, 15) is 14.9 Å². The summed E-state index contributed by atoms with van der Waals surface area (Å²) < 4.78 is 0. The maximum absolute atomic E-state index is 12.2. The Morgan fingerprint density at radius 2 is 1.76 bits per heavy atom. The van der Waals surface area contributed by atoms with E-state index >= 15 is 0 Å². The molecule has 0 saturated heterocycles. The normalized spacial score (nSPS) is 10.4. The van der Waals surface area contributed by atoms with E-state index in [4.69, 9.17) is 16.4 Å². The van der Waals surface area contributed by atoms with E-state index in [0.29, 0.717) is 11.6 Å². The van der Waals surface area contributed by atoms with Crippen LogP contribution in [0.3, 0.4) is 0 Å². The molecule has 0 saturated carbocycles. The zero-order chi connectivity index (χ0) is 20.6. The Hall–Kier alpha value is -3.42. The molecule has 0 aromatic heterocycles. The lowest BCUT2D eigenvalue weighted by Gasteiger charge is -2.10. The molecule has 1 amide bonds. The molecule has 0 aliphatic rings. The maximum Gasteiger partial charge on any atom is 0.293 e. The van der Waals surface area contributed by atoms with Crippen LogP contribution in [0.1, 0.15) is 21.5 Å². The summed E-state index contributed by atoms with van der Waals surface area (Å²) in [7, 11) is 0. The molecule has 0 fully saturated rings. The maximum atomic E-state index is 12.2. The highest BCUT2D eigenvalue weighted by molar-refractivity contribution is 6.31. The van der Waals surface area contributed by atoms with E-state index in [-0.39, 0.29) is 23.5 Å². The molecule has 3 rings (SSSR count). The van der Waals surface area contributed by atoms with Gasteiger partial charge in [0.05, 0.1) is 11.5 Å². The highest BCUT2D eigenvalue weighted by atomic mass is 35.5. The Morgan fingerprint density at radius 3 is 2.48 bits per heavy atom. The van der Waals surface area contributed by atoms with Gasteiger partial charge in [0.25, 0.3) is 11.6 Å². The minimum absolute atomic E-state index is 0.119. The number of hydrogen-bond acceptors (Lipinski definition) is 5. The molecule has 0 heterocycles. The standard InChI is InChI=1S/C21H18ClN3O4/c22-18-9-5-4-8-17(18)13-23-19-11-10-16(12-20(19)25(27)28)21(26)24-29-14-15-6-2-1-3-7-15/h1-12,23H,13-14H2,(H,24,26). The predicted molar refractivity (Wildman–Crippen MR) is 111 cm³/mol. The van der Waals surface area contributed by atoms with Crippen molar-refractivity contribution in [3.63, 3.8) is 0 Å². The van der Waals surface area contributed by atoms with E-state index in [0.717, 1.165) is 11.1 Å². The smallest absolute Gasteiger partial charge is 0.293 e. The monoisotopic (exact) mass is 411 g/mol. The minimum atomic E-state index is -0.568. The Labute approximate surface area is 172 Å².